The highest BCUT2D eigenvalue weighted by atomic mass is 19.2. The fourth-order valence-corrected chi connectivity index (χ4v) is 3.74. The first kappa shape index (κ1) is 18.3. The van der Waals surface area contributed by atoms with Gasteiger partial charge in [0.15, 0.2) is 11.6 Å². The van der Waals surface area contributed by atoms with E-state index in [1.54, 1.807) is 6.07 Å². The van der Waals surface area contributed by atoms with E-state index in [1.165, 1.54) is 12.1 Å². The molecule has 1 aromatic carbocycles. The summed E-state index contributed by atoms with van der Waals surface area (Å²) in [4.78, 5) is 16.5. The Bertz CT molecular complexity index is 597. The van der Waals surface area contributed by atoms with Crippen molar-refractivity contribution in [3.05, 3.63) is 35.4 Å². The molecule has 1 atom stereocenters. The largest absolute Gasteiger partial charge is 0.381 e. The lowest BCUT2D eigenvalue weighted by atomic mass is 9.95. The molecule has 0 aromatic heterocycles. The van der Waals surface area contributed by atoms with Crippen LogP contribution >= 0.6 is 0 Å². The van der Waals surface area contributed by atoms with Crippen molar-refractivity contribution in [2.24, 2.45) is 11.8 Å². The maximum atomic E-state index is 13.3. The molecule has 4 nitrogen and oxygen atoms in total. The quantitative estimate of drug-likeness (QED) is 0.817. The molecule has 2 aliphatic heterocycles. The van der Waals surface area contributed by atoms with Gasteiger partial charge in [-0.1, -0.05) is 6.07 Å². The monoisotopic (exact) mass is 352 g/mol. The zero-order valence-corrected chi connectivity index (χ0v) is 14.7. The van der Waals surface area contributed by atoms with Crippen LogP contribution in [0.15, 0.2) is 18.2 Å². The highest BCUT2D eigenvalue weighted by Gasteiger charge is 2.28. The van der Waals surface area contributed by atoms with Crippen LogP contribution in [0.25, 0.3) is 0 Å². The van der Waals surface area contributed by atoms with Gasteiger partial charge in [-0.2, -0.15) is 0 Å². The standard InChI is InChI=1S/C19H26F2N2O2/c1-22(19(24)16-6-9-25-13-16)11-14-4-7-23(8-5-14)12-15-2-3-17(20)18(21)10-15/h2-3,10,14,16H,4-9,11-13H2,1H3. The summed E-state index contributed by atoms with van der Waals surface area (Å²) in [5.41, 5.74) is 0.797. The minimum atomic E-state index is -0.803. The minimum absolute atomic E-state index is 0.0264. The Morgan fingerprint density at radius 2 is 2.00 bits per heavy atom. The summed E-state index contributed by atoms with van der Waals surface area (Å²) in [5.74, 6) is -0.871. The van der Waals surface area contributed by atoms with Gasteiger partial charge in [0, 0.05) is 26.7 Å². The van der Waals surface area contributed by atoms with E-state index in [4.69, 9.17) is 4.74 Å². The van der Waals surface area contributed by atoms with Gasteiger partial charge >= 0.3 is 0 Å². The van der Waals surface area contributed by atoms with Crippen LogP contribution in [0, 0.1) is 23.5 Å². The van der Waals surface area contributed by atoms with Crippen molar-refractivity contribution in [2.45, 2.75) is 25.8 Å². The molecule has 138 valence electrons. The van der Waals surface area contributed by atoms with E-state index in [0.717, 1.165) is 44.5 Å². The predicted molar refractivity (Wildman–Crippen MR) is 90.9 cm³/mol. The van der Waals surface area contributed by atoms with Gasteiger partial charge in [-0.05, 0) is 56.0 Å². The molecule has 1 unspecified atom stereocenters. The van der Waals surface area contributed by atoms with Crippen LogP contribution in [0.3, 0.4) is 0 Å². The van der Waals surface area contributed by atoms with E-state index in [9.17, 15) is 13.6 Å². The second-order valence-corrected chi connectivity index (χ2v) is 7.25. The Labute approximate surface area is 147 Å². The Kier molecular flexibility index (Phi) is 6.02. The van der Waals surface area contributed by atoms with Crippen molar-refractivity contribution >= 4 is 5.91 Å². The predicted octanol–water partition coefficient (Wildman–Crippen LogP) is 2.67. The molecule has 0 radical (unpaired) electrons. The molecule has 2 heterocycles. The van der Waals surface area contributed by atoms with E-state index in [1.807, 2.05) is 11.9 Å². The molecule has 0 aliphatic carbocycles. The summed E-state index contributed by atoms with van der Waals surface area (Å²) >= 11 is 0. The van der Waals surface area contributed by atoms with Crippen LogP contribution in [-0.4, -0.2) is 55.6 Å². The molecular formula is C19H26F2N2O2. The Morgan fingerprint density at radius 1 is 1.24 bits per heavy atom. The summed E-state index contributed by atoms with van der Waals surface area (Å²) in [5, 5.41) is 0. The fourth-order valence-electron chi connectivity index (χ4n) is 3.74. The van der Waals surface area contributed by atoms with E-state index in [2.05, 4.69) is 4.90 Å². The molecule has 0 bridgehead atoms. The van der Waals surface area contributed by atoms with Crippen molar-refractivity contribution in [3.63, 3.8) is 0 Å². The number of halogens is 2. The first-order chi connectivity index (χ1) is 12.0. The van der Waals surface area contributed by atoms with Crippen molar-refractivity contribution in [1.29, 1.82) is 0 Å². The average Bonchev–Trinajstić information content (AvgIpc) is 3.14. The number of hydrogen-bond donors (Lipinski definition) is 0. The van der Waals surface area contributed by atoms with Crippen LogP contribution < -0.4 is 0 Å². The van der Waals surface area contributed by atoms with Gasteiger partial charge in [-0.25, -0.2) is 8.78 Å². The highest BCUT2D eigenvalue weighted by Crippen LogP contribution is 2.22. The van der Waals surface area contributed by atoms with E-state index in [0.29, 0.717) is 25.7 Å². The Morgan fingerprint density at radius 3 is 2.64 bits per heavy atom. The Hall–Kier alpha value is -1.53. The summed E-state index contributed by atoms with van der Waals surface area (Å²) in [7, 11) is 1.88. The number of ether oxygens (including phenoxy) is 1. The number of likely N-dealkylation sites (tertiary alicyclic amines) is 1. The second kappa shape index (κ2) is 8.23. The summed E-state index contributed by atoms with van der Waals surface area (Å²) < 4.78 is 31.6. The van der Waals surface area contributed by atoms with Crippen molar-refractivity contribution < 1.29 is 18.3 Å². The van der Waals surface area contributed by atoms with Gasteiger partial charge in [0.25, 0.3) is 0 Å². The van der Waals surface area contributed by atoms with Gasteiger partial charge < -0.3 is 9.64 Å². The lowest BCUT2D eigenvalue weighted by molar-refractivity contribution is -0.134. The average molecular weight is 352 g/mol. The van der Waals surface area contributed by atoms with Gasteiger partial charge in [0.05, 0.1) is 12.5 Å². The van der Waals surface area contributed by atoms with Crippen LogP contribution in [0.5, 0.6) is 0 Å². The van der Waals surface area contributed by atoms with Crippen molar-refractivity contribution in [2.75, 3.05) is 39.9 Å². The molecule has 0 saturated carbocycles. The number of amides is 1. The Balaban J connectivity index is 1.43. The third-order valence-electron chi connectivity index (χ3n) is 5.28. The van der Waals surface area contributed by atoms with Gasteiger partial charge in [-0.15, -0.1) is 0 Å². The number of piperidine rings is 1. The minimum Gasteiger partial charge on any atom is -0.381 e. The van der Waals surface area contributed by atoms with Crippen molar-refractivity contribution in [3.8, 4) is 0 Å². The van der Waals surface area contributed by atoms with Crippen LogP contribution in [-0.2, 0) is 16.1 Å². The highest BCUT2D eigenvalue weighted by molar-refractivity contribution is 5.78. The van der Waals surface area contributed by atoms with E-state index in [-0.39, 0.29) is 11.8 Å². The molecule has 0 spiro atoms. The van der Waals surface area contributed by atoms with Crippen LogP contribution in [0.2, 0.25) is 0 Å². The molecule has 2 fully saturated rings. The normalized spacial score (nSPS) is 22.3. The zero-order valence-electron chi connectivity index (χ0n) is 14.7. The molecule has 0 N–H and O–H groups in total. The number of benzene rings is 1. The lowest BCUT2D eigenvalue weighted by Gasteiger charge is -2.34. The topological polar surface area (TPSA) is 32.8 Å². The lowest BCUT2D eigenvalue weighted by Crippen LogP contribution is -2.41. The number of carbonyl (C=O) groups is 1. The smallest absolute Gasteiger partial charge is 0.227 e. The SMILES string of the molecule is CN(CC1CCN(Cc2ccc(F)c(F)c2)CC1)C(=O)C1CCOC1. The first-order valence-corrected chi connectivity index (χ1v) is 9.02. The molecule has 25 heavy (non-hydrogen) atoms. The number of nitrogens with zero attached hydrogens (tertiary/aromatic N) is 2. The molecule has 2 aliphatic rings. The van der Waals surface area contributed by atoms with Crippen LogP contribution in [0.4, 0.5) is 8.78 Å². The zero-order chi connectivity index (χ0) is 17.8. The number of hydrogen-bond acceptors (Lipinski definition) is 3. The van der Waals surface area contributed by atoms with Crippen LogP contribution in [0.1, 0.15) is 24.8 Å². The number of rotatable bonds is 5. The first-order valence-electron chi connectivity index (χ1n) is 9.02. The molecular weight excluding hydrogens is 326 g/mol. The van der Waals surface area contributed by atoms with Gasteiger partial charge in [-0.3, -0.25) is 9.69 Å². The van der Waals surface area contributed by atoms with E-state index >= 15 is 0 Å². The molecule has 1 aromatic rings. The maximum Gasteiger partial charge on any atom is 0.227 e. The third-order valence-corrected chi connectivity index (χ3v) is 5.28. The summed E-state index contributed by atoms with van der Waals surface area (Å²) in [6.45, 7) is 4.49. The van der Waals surface area contributed by atoms with Gasteiger partial charge in [0.2, 0.25) is 5.91 Å². The van der Waals surface area contributed by atoms with Crippen molar-refractivity contribution in [1.82, 2.24) is 9.80 Å². The number of carbonyl (C=O) groups excluding carboxylic acids is 1. The maximum absolute atomic E-state index is 13.3. The summed E-state index contributed by atoms with van der Waals surface area (Å²) in [6, 6.07) is 4.10. The molecule has 3 rings (SSSR count). The van der Waals surface area contributed by atoms with E-state index < -0.39 is 11.6 Å². The molecule has 2 saturated heterocycles. The summed E-state index contributed by atoms with van der Waals surface area (Å²) in [6.07, 6.45) is 2.86. The second-order valence-electron chi connectivity index (χ2n) is 7.25. The molecule has 6 heteroatoms. The third kappa shape index (κ3) is 4.76. The fraction of sp³-hybridized carbons (Fsp3) is 0.632. The molecule has 1 amide bonds. The van der Waals surface area contributed by atoms with Gasteiger partial charge in [0.1, 0.15) is 0 Å².